The molecular weight excluding hydrogens is 130 g/mol. The average Bonchev–Trinajstić information content (AvgIpc) is 2.39. The third kappa shape index (κ3) is 0.439. The summed E-state index contributed by atoms with van der Waals surface area (Å²) in [5.41, 5.74) is 6.31. The van der Waals surface area contributed by atoms with Crippen LogP contribution in [-0.2, 0) is 0 Å². The van der Waals surface area contributed by atoms with E-state index in [-0.39, 0.29) is 0 Å². The number of hydrogen-bond donors (Lipinski definition) is 2. The number of aromatic nitrogens is 3. The monoisotopic (exact) mass is 137 g/mol. The Hall–Kier alpha value is -1.65. The van der Waals surface area contributed by atoms with Crippen LogP contribution in [0.25, 0.3) is 5.65 Å². The highest BCUT2D eigenvalue weighted by molar-refractivity contribution is 5.47. The second-order valence-corrected chi connectivity index (χ2v) is 2.06. The molecular formula is C5H7N5. The molecule has 52 valence electrons. The average molecular weight is 137 g/mol. The Morgan fingerprint density at radius 1 is 1.50 bits per heavy atom. The zero-order valence-corrected chi connectivity index (χ0v) is 5.23. The Labute approximate surface area is 56.8 Å². The quantitative estimate of drug-likeness (QED) is 0.477. The first-order chi connectivity index (χ1) is 4.79. The molecule has 0 aliphatic rings. The number of nitrogens with zero attached hydrogens (tertiary/aromatic N) is 3. The molecule has 0 atom stereocenters. The molecule has 10 heavy (non-hydrogen) atoms. The van der Waals surface area contributed by atoms with Gasteiger partial charge in [0, 0.05) is 6.07 Å². The second kappa shape index (κ2) is 1.44. The van der Waals surface area contributed by atoms with E-state index in [4.69, 9.17) is 11.6 Å². The maximum absolute atomic E-state index is 5.52. The smallest absolute Gasteiger partial charge is 0.156 e. The predicted octanol–water partition coefficient (Wildman–Crippen LogP) is -0.568. The lowest BCUT2D eigenvalue weighted by molar-refractivity contribution is 0.966. The van der Waals surface area contributed by atoms with E-state index in [1.54, 1.807) is 23.0 Å². The van der Waals surface area contributed by atoms with Crippen molar-refractivity contribution in [3.8, 4) is 0 Å². The van der Waals surface area contributed by atoms with Crippen LogP contribution in [0.3, 0.4) is 0 Å². The van der Waals surface area contributed by atoms with E-state index in [1.165, 1.54) is 4.68 Å². The molecule has 0 aromatic carbocycles. The molecule has 5 heteroatoms. The topological polar surface area (TPSA) is 74.3 Å². The highest BCUT2D eigenvalue weighted by Crippen LogP contribution is 2.06. The van der Waals surface area contributed by atoms with Crippen LogP contribution in [0.1, 0.15) is 0 Å². The molecule has 0 aliphatic carbocycles. The van der Waals surface area contributed by atoms with Crippen molar-refractivity contribution in [2.75, 3.05) is 11.6 Å². The summed E-state index contributed by atoms with van der Waals surface area (Å²) in [6.07, 6.45) is 3.26. The molecule has 2 aromatic rings. The highest BCUT2D eigenvalue weighted by Gasteiger charge is 2.01. The summed E-state index contributed by atoms with van der Waals surface area (Å²) in [6.45, 7) is 0. The molecule has 0 saturated carbocycles. The number of anilines is 1. The van der Waals surface area contributed by atoms with Gasteiger partial charge in [-0.2, -0.15) is 9.61 Å². The Kier molecular flexibility index (Phi) is 0.743. The van der Waals surface area contributed by atoms with Gasteiger partial charge in [-0.15, -0.1) is 0 Å². The van der Waals surface area contributed by atoms with Crippen molar-refractivity contribution in [3.05, 3.63) is 18.5 Å². The van der Waals surface area contributed by atoms with Gasteiger partial charge in [0.25, 0.3) is 0 Å². The van der Waals surface area contributed by atoms with Gasteiger partial charge < -0.3 is 11.6 Å². The van der Waals surface area contributed by atoms with Gasteiger partial charge in [0.1, 0.15) is 5.82 Å². The maximum atomic E-state index is 5.52. The third-order valence-electron chi connectivity index (χ3n) is 1.40. The Balaban J connectivity index is 2.98. The summed E-state index contributed by atoms with van der Waals surface area (Å²) in [5.74, 6) is 6.04. The molecule has 0 aliphatic heterocycles. The van der Waals surface area contributed by atoms with Gasteiger partial charge in [-0.3, -0.25) is 0 Å². The van der Waals surface area contributed by atoms with E-state index in [2.05, 4.69) is 5.10 Å². The molecule has 0 spiro atoms. The zero-order valence-electron chi connectivity index (χ0n) is 5.23. The van der Waals surface area contributed by atoms with Crippen LogP contribution in [0, 0.1) is 0 Å². The van der Waals surface area contributed by atoms with Crippen molar-refractivity contribution in [2.45, 2.75) is 0 Å². The molecule has 0 amide bonds. The first-order valence-electron chi connectivity index (χ1n) is 2.84. The molecule has 0 fully saturated rings. The minimum absolute atomic E-state index is 0.544. The van der Waals surface area contributed by atoms with Crippen LogP contribution >= 0.6 is 0 Å². The fraction of sp³-hybridized carbons (Fsp3) is 0. The van der Waals surface area contributed by atoms with Crippen LogP contribution in [0.2, 0.25) is 0 Å². The van der Waals surface area contributed by atoms with E-state index < -0.39 is 0 Å². The van der Waals surface area contributed by atoms with Gasteiger partial charge in [-0.25, -0.2) is 4.68 Å². The minimum atomic E-state index is 0.544. The van der Waals surface area contributed by atoms with Crippen LogP contribution in [0.15, 0.2) is 18.5 Å². The second-order valence-electron chi connectivity index (χ2n) is 2.06. The van der Waals surface area contributed by atoms with E-state index in [1.807, 2.05) is 0 Å². The van der Waals surface area contributed by atoms with Gasteiger partial charge in [0.05, 0.1) is 12.4 Å². The van der Waals surface area contributed by atoms with E-state index in [0.29, 0.717) is 5.82 Å². The maximum Gasteiger partial charge on any atom is 0.156 e. The zero-order chi connectivity index (χ0) is 7.14. The number of fused-ring (bicyclic) bond motifs is 1. The molecule has 2 rings (SSSR count). The van der Waals surface area contributed by atoms with Gasteiger partial charge >= 0.3 is 0 Å². The number of nitrogens with two attached hydrogens (primary N) is 2. The molecule has 0 bridgehead atoms. The van der Waals surface area contributed by atoms with Gasteiger partial charge in [-0.1, -0.05) is 0 Å². The summed E-state index contributed by atoms with van der Waals surface area (Å²) < 4.78 is 3.00. The van der Waals surface area contributed by atoms with Crippen molar-refractivity contribution in [3.63, 3.8) is 0 Å². The molecule has 0 radical (unpaired) electrons. The van der Waals surface area contributed by atoms with Crippen molar-refractivity contribution >= 4 is 11.5 Å². The van der Waals surface area contributed by atoms with Crippen molar-refractivity contribution in [1.29, 1.82) is 0 Å². The lowest BCUT2D eigenvalue weighted by Gasteiger charge is -1.85. The first kappa shape index (κ1) is 5.16. The summed E-state index contributed by atoms with van der Waals surface area (Å²) in [4.78, 5) is 0. The lowest BCUT2D eigenvalue weighted by atomic mass is 10.7. The Morgan fingerprint density at radius 3 is 3.00 bits per heavy atom. The largest absolute Gasteiger partial charge is 0.382 e. The summed E-state index contributed by atoms with van der Waals surface area (Å²) >= 11 is 0. The van der Waals surface area contributed by atoms with Crippen molar-refractivity contribution in [1.82, 2.24) is 14.3 Å². The number of imidazole rings is 1. The van der Waals surface area contributed by atoms with Gasteiger partial charge in [-0.05, 0) is 0 Å². The molecule has 4 N–H and O–H groups in total. The fourth-order valence-corrected chi connectivity index (χ4v) is 0.954. The standard InChI is InChI=1S/C5H7N5/c6-4-3-9(7)5-1-2-8-10(4)5/h1-3H,6-7H2. The SMILES string of the molecule is Nc1cn(N)c2ccnn12. The molecule has 2 heterocycles. The lowest BCUT2D eigenvalue weighted by Crippen LogP contribution is -2.04. The van der Waals surface area contributed by atoms with Crippen molar-refractivity contribution in [2.24, 2.45) is 0 Å². The van der Waals surface area contributed by atoms with Gasteiger partial charge in [0.15, 0.2) is 5.65 Å². The van der Waals surface area contributed by atoms with Crippen LogP contribution in [-0.4, -0.2) is 14.3 Å². The normalized spacial score (nSPS) is 10.8. The van der Waals surface area contributed by atoms with Crippen LogP contribution in [0.5, 0.6) is 0 Å². The molecule has 2 aromatic heterocycles. The van der Waals surface area contributed by atoms with E-state index in [0.717, 1.165) is 5.65 Å². The Bertz CT molecular complexity index is 325. The van der Waals surface area contributed by atoms with Crippen molar-refractivity contribution < 1.29 is 0 Å². The third-order valence-corrected chi connectivity index (χ3v) is 1.40. The highest BCUT2D eigenvalue weighted by atomic mass is 15.4. The Morgan fingerprint density at radius 2 is 2.30 bits per heavy atom. The molecule has 0 unspecified atom stereocenters. The summed E-state index contributed by atoms with van der Waals surface area (Å²) in [5, 5.41) is 3.93. The van der Waals surface area contributed by atoms with Gasteiger partial charge in [0.2, 0.25) is 0 Å². The number of nitrogen functional groups attached to an aromatic ring is 2. The predicted molar refractivity (Wildman–Crippen MR) is 37.7 cm³/mol. The first-order valence-corrected chi connectivity index (χ1v) is 2.84. The minimum Gasteiger partial charge on any atom is -0.382 e. The summed E-state index contributed by atoms with van der Waals surface area (Å²) in [7, 11) is 0. The van der Waals surface area contributed by atoms with Crippen LogP contribution < -0.4 is 11.6 Å². The van der Waals surface area contributed by atoms with E-state index in [9.17, 15) is 0 Å². The molecule has 0 saturated heterocycles. The number of rotatable bonds is 0. The fourth-order valence-electron chi connectivity index (χ4n) is 0.954. The van der Waals surface area contributed by atoms with Crippen LogP contribution in [0.4, 0.5) is 5.82 Å². The molecule has 5 nitrogen and oxygen atoms in total. The number of hydrogen-bond acceptors (Lipinski definition) is 3. The summed E-state index contributed by atoms with van der Waals surface area (Å²) in [6, 6.07) is 1.79. The van der Waals surface area contributed by atoms with E-state index >= 15 is 0 Å².